The van der Waals surface area contributed by atoms with Gasteiger partial charge in [0.25, 0.3) is 5.91 Å². The van der Waals surface area contributed by atoms with Crippen molar-refractivity contribution in [2.75, 3.05) is 22.6 Å². The van der Waals surface area contributed by atoms with Crippen molar-refractivity contribution in [1.82, 2.24) is 19.7 Å². The molecule has 254 valence electrons. The molecule has 2 amide bonds. The maximum absolute atomic E-state index is 13.2. The summed E-state index contributed by atoms with van der Waals surface area (Å²) in [7, 11) is 3.55. The van der Waals surface area contributed by atoms with E-state index in [1.807, 2.05) is 6.07 Å². The van der Waals surface area contributed by atoms with Gasteiger partial charge in [-0.1, -0.05) is 18.7 Å². The van der Waals surface area contributed by atoms with Crippen LogP contribution in [0.2, 0.25) is 0 Å². The lowest BCUT2D eigenvalue weighted by Crippen LogP contribution is -2.15. The zero-order chi connectivity index (χ0) is 35.9. The van der Waals surface area contributed by atoms with Crippen LogP contribution in [0.25, 0.3) is 33.6 Å². The second-order valence-corrected chi connectivity index (χ2v) is 11.1. The van der Waals surface area contributed by atoms with Crippen LogP contribution in [0.15, 0.2) is 133 Å². The van der Waals surface area contributed by atoms with E-state index in [0.717, 1.165) is 5.69 Å². The standard InChI is InChI=1S/C38H30FN7O5/c1-4-32(48)43-29-9-5-7-24(19-29)33-34-37(40-23-41-38(34)51-35(33)26-20-42-46(3)21-26)50-31-16-12-28(13-17-31)44-36(49)25(22-47)8-6-18-45(2)30-14-10-27(39)11-15-30/h4-23H,1H2,2-3H3,(H,43,48)(H,44,49)/b18-6-,25-8+. The number of carbonyl (C=O) groups excluding carboxylic acids is 3. The van der Waals surface area contributed by atoms with Gasteiger partial charge in [0.05, 0.1) is 17.3 Å². The number of hydrogen-bond donors (Lipinski definition) is 2. The molecule has 3 aromatic heterocycles. The van der Waals surface area contributed by atoms with Crippen molar-refractivity contribution in [1.29, 1.82) is 0 Å². The number of fused-ring (bicyclic) bond motifs is 1. The van der Waals surface area contributed by atoms with Crippen molar-refractivity contribution in [3.63, 3.8) is 0 Å². The second kappa shape index (κ2) is 15.0. The van der Waals surface area contributed by atoms with Crippen LogP contribution < -0.4 is 20.3 Å². The van der Waals surface area contributed by atoms with Gasteiger partial charge in [-0.3, -0.25) is 19.1 Å². The zero-order valence-electron chi connectivity index (χ0n) is 27.4. The summed E-state index contributed by atoms with van der Waals surface area (Å²) in [6, 6.07) is 19.6. The maximum atomic E-state index is 13.2. The Balaban J connectivity index is 1.24. The Morgan fingerprint density at radius 2 is 1.78 bits per heavy atom. The molecule has 6 aromatic rings. The molecule has 51 heavy (non-hydrogen) atoms. The van der Waals surface area contributed by atoms with Crippen LogP contribution in [0.3, 0.4) is 0 Å². The summed E-state index contributed by atoms with van der Waals surface area (Å²) in [5.41, 5.74) is 3.86. The summed E-state index contributed by atoms with van der Waals surface area (Å²) >= 11 is 0. The molecule has 2 N–H and O–H groups in total. The van der Waals surface area contributed by atoms with Crippen LogP contribution in [0, 0.1) is 5.82 Å². The van der Waals surface area contributed by atoms with Crippen LogP contribution in [0.4, 0.5) is 21.5 Å². The number of anilines is 3. The quantitative estimate of drug-likeness (QED) is 0.0455. The fourth-order valence-corrected chi connectivity index (χ4v) is 5.07. The average Bonchev–Trinajstić information content (AvgIpc) is 3.75. The molecule has 0 aliphatic carbocycles. The summed E-state index contributed by atoms with van der Waals surface area (Å²) in [6.45, 7) is 3.52. The SMILES string of the molecule is C=CC(=O)Nc1cccc(-c2c(-c3cnn(C)c3)oc3ncnc(Oc4ccc(NC(=O)/C(C=O)=C/C=C\N(C)c5ccc(F)cc5)cc4)c23)c1. The minimum atomic E-state index is -0.609. The first-order valence-electron chi connectivity index (χ1n) is 15.4. The number of aldehydes is 1. The number of nitrogens with zero attached hydrogens (tertiary/aromatic N) is 5. The summed E-state index contributed by atoms with van der Waals surface area (Å²) < 4.78 is 27.3. The van der Waals surface area contributed by atoms with Crippen molar-refractivity contribution < 1.29 is 27.9 Å². The highest BCUT2D eigenvalue weighted by atomic mass is 19.1. The summed E-state index contributed by atoms with van der Waals surface area (Å²) in [5, 5.41) is 10.3. The third-order valence-corrected chi connectivity index (χ3v) is 7.56. The van der Waals surface area contributed by atoms with Crippen molar-refractivity contribution >= 4 is 46.3 Å². The largest absolute Gasteiger partial charge is 0.438 e. The van der Waals surface area contributed by atoms with E-state index in [1.54, 1.807) is 103 Å². The smallest absolute Gasteiger partial charge is 0.258 e. The first-order valence-corrected chi connectivity index (χ1v) is 15.4. The van der Waals surface area contributed by atoms with Gasteiger partial charge < -0.3 is 24.7 Å². The molecule has 0 aliphatic heterocycles. The molecule has 12 nitrogen and oxygen atoms in total. The van der Waals surface area contributed by atoms with E-state index in [1.165, 1.54) is 30.6 Å². The highest BCUT2D eigenvalue weighted by molar-refractivity contribution is 6.16. The van der Waals surface area contributed by atoms with Gasteiger partial charge in [0, 0.05) is 49.1 Å². The number of benzene rings is 3. The van der Waals surface area contributed by atoms with E-state index in [2.05, 4.69) is 32.3 Å². The molecule has 13 heteroatoms. The molecule has 0 fully saturated rings. The van der Waals surface area contributed by atoms with E-state index in [9.17, 15) is 18.8 Å². The normalized spacial score (nSPS) is 11.4. The van der Waals surface area contributed by atoms with Crippen molar-refractivity contribution in [2.45, 2.75) is 0 Å². The second-order valence-electron chi connectivity index (χ2n) is 11.1. The van der Waals surface area contributed by atoms with Gasteiger partial charge in [-0.2, -0.15) is 5.10 Å². The fraction of sp³-hybridized carbons (Fsp3) is 0.0526. The molecule has 6 rings (SSSR count). The first-order chi connectivity index (χ1) is 24.7. The monoisotopic (exact) mass is 683 g/mol. The van der Waals surface area contributed by atoms with E-state index in [4.69, 9.17) is 9.15 Å². The molecule has 0 unspecified atom stereocenters. The first kappa shape index (κ1) is 33.7. The number of carbonyl (C=O) groups is 3. The number of furan rings is 1. The van der Waals surface area contributed by atoms with E-state index in [-0.39, 0.29) is 28.9 Å². The molecule has 3 heterocycles. The average molecular weight is 684 g/mol. The minimum Gasteiger partial charge on any atom is -0.438 e. The van der Waals surface area contributed by atoms with Gasteiger partial charge in [-0.25, -0.2) is 14.4 Å². The lowest BCUT2D eigenvalue weighted by molar-refractivity contribution is -0.115. The number of nitrogens with one attached hydrogen (secondary N) is 2. The van der Waals surface area contributed by atoms with Crippen molar-refractivity contribution in [2.24, 2.45) is 7.05 Å². The lowest BCUT2D eigenvalue weighted by Gasteiger charge is -2.13. The number of halogens is 1. The van der Waals surface area contributed by atoms with Gasteiger partial charge in [-0.15, -0.1) is 0 Å². The Morgan fingerprint density at radius 3 is 2.49 bits per heavy atom. The zero-order valence-corrected chi connectivity index (χ0v) is 27.4. The molecule has 0 radical (unpaired) electrons. The van der Waals surface area contributed by atoms with Crippen LogP contribution in [-0.2, 0) is 21.4 Å². The molecule has 0 saturated heterocycles. The summed E-state index contributed by atoms with van der Waals surface area (Å²) in [6.07, 6.45) is 11.0. The van der Waals surface area contributed by atoms with Gasteiger partial charge in [0.15, 0.2) is 6.29 Å². The third-order valence-electron chi connectivity index (χ3n) is 7.56. The third kappa shape index (κ3) is 7.78. The van der Waals surface area contributed by atoms with Crippen molar-refractivity contribution in [3.8, 4) is 34.1 Å². The van der Waals surface area contributed by atoms with E-state index < -0.39 is 5.91 Å². The lowest BCUT2D eigenvalue weighted by atomic mass is 10.0. The van der Waals surface area contributed by atoms with E-state index >= 15 is 0 Å². The molecular formula is C38H30FN7O5. The molecule has 0 aliphatic rings. The number of amides is 2. The number of ether oxygens (including phenoxy) is 1. The van der Waals surface area contributed by atoms with Gasteiger partial charge in [0.1, 0.15) is 29.0 Å². The maximum Gasteiger partial charge on any atom is 0.258 e. The summed E-state index contributed by atoms with van der Waals surface area (Å²) in [5.74, 6) is -0.236. The predicted molar refractivity (Wildman–Crippen MR) is 192 cm³/mol. The minimum absolute atomic E-state index is 0.104. The van der Waals surface area contributed by atoms with Crippen LogP contribution in [0.1, 0.15) is 0 Å². The van der Waals surface area contributed by atoms with Gasteiger partial charge >= 0.3 is 0 Å². The molecule has 0 atom stereocenters. The topological polar surface area (TPSA) is 144 Å². The van der Waals surface area contributed by atoms with Crippen LogP contribution >= 0.6 is 0 Å². The molecular weight excluding hydrogens is 653 g/mol. The fourth-order valence-electron chi connectivity index (χ4n) is 5.07. The molecule has 0 spiro atoms. The Bertz CT molecular complexity index is 2310. The van der Waals surface area contributed by atoms with Crippen molar-refractivity contribution in [3.05, 3.63) is 134 Å². The summed E-state index contributed by atoms with van der Waals surface area (Å²) in [4.78, 5) is 47.1. The predicted octanol–water partition coefficient (Wildman–Crippen LogP) is 7.06. The molecule has 0 saturated carbocycles. The number of hydrogen-bond acceptors (Lipinski definition) is 9. The Kier molecular flexibility index (Phi) is 9.89. The molecule has 0 bridgehead atoms. The van der Waals surface area contributed by atoms with Gasteiger partial charge in [-0.05, 0) is 84.5 Å². The highest BCUT2D eigenvalue weighted by Crippen LogP contribution is 2.44. The highest BCUT2D eigenvalue weighted by Gasteiger charge is 2.24. The van der Waals surface area contributed by atoms with Gasteiger partial charge in [0.2, 0.25) is 17.5 Å². The Morgan fingerprint density at radius 1 is 1.00 bits per heavy atom. The van der Waals surface area contributed by atoms with Crippen LogP contribution in [0.5, 0.6) is 11.6 Å². The number of rotatable bonds is 12. The van der Waals surface area contributed by atoms with E-state index in [0.29, 0.717) is 51.2 Å². The Labute approximate surface area is 291 Å². The number of aryl methyl sites for hydroxylation is 1. The number of aromatic nitrogens is 4. The Hall–Kier alpha value is -7.15. The van der Waals surface area contributed by atoms with Crippen LogP contribution in [-0.4, -0.2) is 44.9 Å². The molecule has 3 aromatic carbocycles. The number of allylic oxidation sites excluding steroid dienone is 2.